The average Bonchev–Trinajstić information content (AvgIpc) is 2.34. The molecule has 0 fully saturated rings. The van der Waals surface area contributed by atoms with Crippen molar-refractivity contribution in [2.24, 2.45) is 0 Å². The molecule has 0 aliphatic heterocycles. The summed E-state index contributed by atoms with van der Waals surface area (Å²) in [5.74, 6) is -1.76. The summed E-state index contributed by atoms with van der Waals surface area (Å²) < 4.78 is 38.1. The number of carbonyl (C=O) groups is 1. The lowest BCUT2D eigenvalue weighted by Crippen LogP contribution is -2.36. The topological polar surface area (TPSA) is 74.7 Å². The van der Waals surface area contributed by atoms with E-state index in [9.17, 15) is 17.6 Å². The fourth-order valence-corrected chi connectivity index (χ4v) is 2.95. The molecule has 0 bridgehead atoms. The van der Waals surface area contributed by atoms with Crippen LogP contribution in [-0.2, 0) is 14.8 Å². The molecule has 1 aromatic carbocycles. The quantitative estimate of drug-likeness (QED) is 0.829. The fourth-order valence-electron chi connectivity index (χ4n) is 1.53. The van der Waals surface area contributed by atoms with Gasteiger partial charge in [-0.05, 0) is 30.7 Å². The van der Waals surface area contributed by atoms with Crippen molar-refractivity contribution in [3.05, 3.63) is 30.1 Å². The highest BCUT2D eigenvalue weighted by Gasteiger charge is 2.25. The van der Waals surface area contributed by atoms with E-state index in [1.54, 1.807) is 0 Å². The van der Waals surface area contributed by atoms with E-state index in [1.807, 2.05) is 6.92 Å². The molecule has 106 valence electrons. The van der Waals surface area contributed by atoms with Crippen molar-refractivity contribution in [1.82, 2.24) is 4.31 Å². The van der Waals surface area contributed by atoms with Crippen LogP contribution >= 0.6 is 0 Å². The van der Waals surface area contributed by atoms with Gasteiger partial charge >= 0.3 is 5.97 Å². The van der Waals surface area contributed by atoms with Gasteiger partial charge in [0.05, 0.1) is 4.90 Å². The molecule has 0 aromatic heterocycles. The van der Waals surface area contributed by atoms with Gasteiger partial charge in [-0.15, -0.1) is 0 Å². The maximum absolute atomic E-state index is 12.8. The van der Waals surface area contributed by atoms with Gasteiger partial charge in [0.2, 0.25) is 10.0 Å². The Balaban J connectivity index is 3.03. The van der Waals surface area contributed by atoms with Crippen molar-refractivity contribution in [3.8, 4) is 0 Å². The highest BCUT2D eigenvalue weighted by molar-refractivity contribution is 7.89. The van der Waals surface area contributed by atoms with Gasteiger partial charge in [0.1, 0.15) is 12.4 Å². The highest BCUT2D eigenvalue weighted by atomic mass is 32.2. The van der Waals surface area contributed by atoms with E-state index in [0.29, 0.717) is 6.42 Å². The molecule has 0 radical (unpaired) electrons. The Labute approximate surface area is 111 Å². The maximum atomic E-state index is 12.8. The van der Waals surface area contributed by atoms with Crippen LogP contribution in [0.2, 0.25) is 0 Å². The van der Waals surface area contributed by atoms with Crippen LogP contribution in [0.25, 0.3) is 0 Å². The number of rotatable bonds is 7. The minimum atomic E-state index is -3.90. The van der Waals surface area contributed by atoms with Gasteiger partial charge in [-0.25, -0.2) is 12.8 Å². The lowest BCUT2D eigenvalue weighted by molar-refractivity contribution is -0.137. The van der Waals surface area contributed by atoms with Gasteiger partial charge in [0.15, 0.2) is 0 Å². The van der Waals surface area contributed by atoms with Gasteiger partial charge in [-0.2, -0.15) is 4.31 Å². The largest absolute Gasteiger partial charge is 0.480 e. The Morgan fingerprint density at radius 1 is 1.32 bits per heavy atom. The number of sulfonamides is 1. The third-order valence-electron chi connectivity index (χ3n) is 2.52. The van der Waals surface area contributed by atoms with Gasteiger partial charge in [-0.1, -0.05) is 13.3 Å². The summed E-state index contributed by atoms with van der Waals surface area (Å²) in [5.41, 5.74) is 0. The van der Waals surface area contributed by atoms with Crippen molar-refractivity contribution in [2.45, 2.75) is 24.7 Å². The van der Waals surface area contributed by atoms with Crippen LogP contribution in [0.5, 0.6) is 0 Å². The molecule has 0 atom stereocenters. The second-order valence-corrected chi connectivity index (χ2v) is 5.98. The first kappa shape index (κ1) is 15.6. The number of benzene rings is 1. The fraction of sp³-hybridized carbons (Fsp3) is 0.417. The molecule has 1 rings (SSSR count). The van der Waals surface area contributed by atoms with Crippen LogP contribution in [0.15, 0.2) is 29.2 Å². The van der Waals surface area contributed by atoms with Crippen LogP contribution in [0.4, 0.5) is 4.39 Å². The summed E-state index contributed by atoms with van der Waals surface area (Å²) in [7, 11) is -3.90. The Hall–Kier alpha value is -1.47. The first-order chi connectivity index (χ1) is 8.87. The van der Waals surface area contributed by atoms with Crippen LogP contribution in [0, 0.1) is 5.82 Å². The average molecular weight is 289 g/mol. The smallest absolute Gasteiger partial charge is 0.318 e. The van der Waals surface area contributed by atoms with E-state index in [2.05, 4.69) is 0 Å². The molecule has 0 amide bonds. The molecular weight excluding hydrogens is 273 g/mol. The number of hydrogen-bond donors (Lipinski definition) is 1. The van der Waals surface area contributed by atoms with E-state index in [4.69, 9.17) is 5.11 Å². The maximum Gasteiger partial charge on any atom is 0.318 e. The van der Waals surface area contributed by atoms with Gasteiger partial charge in [0.25, 0.3) is 0 Å². The van der Waals surface area contributed by atoms with Crippen LogP contribution in [0.1, 0.15) is 19.8 Å². The minimum Gasteiger partial charge on any atom is -0.480 e. The molecule has 0 saturated heterocycles. The summed E-state index contributed by atoms with van der Waals surface area (Å²) in [6.07, 6.45) is 1.31. The second kappa shape index (κ2) is 6.63. The summed E-state index contributed by atoms with van der Waals surface area (Å²) in [5, 5.41) is 8.77. The lowest BCUT2D eigenvalue weighted by atomic mass is 10.3. The second-order valence-electron chi connectivity index (χ2n) is 4.04. The highest BCUT2D eigenvalue weighted by Crippen LogP contribution is 2.16. The summed E-state index contributed by atoms with van der Waals surface area (Å²) in [6.45, 7) is 1.41. The zero-order chi connectivity index (χ0) is 14.5. The number of unbranched alkanes of at least 4 members (excludes halogenated alkanes) is 1. The van der Waals surface area contributed by atoms with Gasteiger partial charge in [0, 0.05) is 6.54 Å². The van der Waals surface area contributed by atoms with Crippen LogP contribution < -0.4 is 0 Å². The van der Waals surface area contributed by atoms with E-state index in [0.717, 1.165) is 35.0 Å². The van der Waals surface area contributed by atoms with E-state index >= 15 is 0 Å². The normalized spacial score (nSPS) is 11.7. The number of carboxylic acid groups (broad SMARTS) is 1. The number of halogens is 1. The van der Waals surface area contributed by atoms with Gasteiger partial charge < -0.3 is 5.11 Å². The molecule has 0 unspecified atom stereocenters. The lowest BCUT2D eigenvalue weighted by Gasteiger charge is -2.20. The van der Waals surface area contributed by atoms with Crippen LogP contribution in [-0.4, -0.2) is 36.9 Å². The minimum absolute atomic E-state index is 0.105. The van der Waals surface area contributed by atoms with E-state index < -0.39 is 28.4 Å². The van der Waals surface area contributed by atoms with Crippen molar-refractivity contribution < 1.29 is 22.7 Å². The monoisotopic (exact) mass is 289 g/mol. The number of nitrogens with zero attached hydrogens (tertiary/aromatic N) is 1. The third-order valence-corrected chi connectivity index (χ3v) is 4.38. The molecule has 1 aromatic rings. The van der Waals surface area contributed by atoms with Crippen LogP contribution in [0.3, 0.4) is 0 Å². The standard InChI is InChI=1S/C12H16FNO4S/c1-2-3-8-14(9-12(15)16)19(17,18)11-6-4-10(13)5-7-11/h4-7H,2-3,8-9H2,1H3,(H,15,16). The summed E-state index contributed by atoms with van der Waals surface area (Å²) in [4.78, 5) is 10.6. The van der Waals surface area contributed by atoms with Crippen molar-refractivity contribution in [3.63, 3.8) is 0 Å². The van der Waals surface area contributed by atoms with Crippen molar-refractivity contribution in [1.29, 1.82) is 0 Å². The molecular formula is C12H16FNO4S. The molecule has 7 heteroatoms. The predicted molar refractivity (Wildman–Crippen MR) is 67.7 cm³/mol. The molecule has 0 spiro atoms. The molecule has 0 saturated carbocycles. The Morgan fingerprint density at radius 3 is 2.37 bits per heavy atom. The number of aliphatic carboxylic acids is 1. The van der Waals surface area contributed by atoms with Crippen molar-refractivity contribution in [2.75, 3.05) is 13.1 Å². The Morgan fingerprint density at radius 2 is 1.89 bits per heavy atom. The SMILES string of the molecule is CCCCN(CC(=O)O)S(=O)(=O)c1ccc(F)cc1. The van der Waals surface area contributed by atoms with Crippen molar-refractivity contribution >= 4 is 16.0 Å². The zero-order valence-corrected chi connectivity index (χ0v) is 11.4. The first-order valence-electron chi connectivity index (χ1n) is 5.85. The van der Waals surface area contributed by atoms with E-state index in [1.165, 1.54) is 0 Å². The molecule has 1 N–H and O–H groups in total. The van der Waals surface area contributed by atoms with Gasteiger partial charge in [-0.3, -0.25) is 4.79 Å². The Bertz CT molecular complexity index is 527. The predicted octanol–water partition coefficient (Wildman–Crippen LogP) is 1.70. The molecule has 19 heavy (non-hydrogen) atoms. The summed E-state index contributed by atoms with van der Waals surface area (Å²) >= 11 is 0. The molecule has 5 nitrogen and oxygen atoms in total. The number of hydrogen-bond acceptors (Lipinski definition) is 3. The van der Waals surface area contributed by atoms with E-state index in [-0.39, 0.29) is 11.4 Å². The molecule has 0 aliphatic rings. The zero-order valence-electron chi connectivity index (χ0n) is 10.5. The summed E-state index contributed by atoms with van der Waals surface area (Å²) in [6, 6.07) is 4.33. The molecule has 0 aliphatic carbocycles. The Kier molecular flexibility index (Phi) is 5.44. The molecule has 0 heterocycles. The third kappa shape index (κ3) is 4.29. The first-order valence-corrected chi connectivity index (χ1v) is 7.29. The number of carboxylic acids is 1.